The average molecular weight is 2110 g/mol. The number of anilines is 3. The first kappa shape index (κ1) is 109. The zero-order valence-corrected chi connectivity index (χ0v) is 81.9. The van der Waals surface area contributed by atoms with Crippen molar-refractivity contribution in [3.05, 3.63) is 366 Å². The minimum Gasteiger partial charge on any atom is -0.453 e. The Morgan fingerprint density at radius 3 is 0.945 bits per heavy atom. The molecule has 5 fully saturated rings. The van der Waals surface area contributed by atoms with Gasteiger partial charge in [0, 0.05) is 101 Å². The quantitative estimate of drug-likeness (QED) is 0.00501. The number of rotatable bonds is 25. The van der Waals surface area contributed by atoms with Gasteiger partial charge in [0.15, 0.2) is 75.9 Å². The van der Waals surface area contributed by atoms with Crippen molar-refractivity contribution in [2.75, 3.05) is 27.8 Å². The molecule has 0 radical (unpaired) electrons. The van der Waals surface area contributed by atoms with Gasteiger partial charge in [-0.3, -0.25) is 47.2 Å². The zero-order valence-electron chi connectivity index (χ0n) is 79.7. The van der Waals surface area contributed by atoms with Crippen molar-refractivity contribution in [3.63, 3.8) is 0 Å². The van der Waals surface area contributed by atoms with Gasteiger partial charge < -0.3 is 74.7 Å². The standard InChI is InChI=1S/C26H26N6O5.C19H22N6O4.C19H21N5O5.C18H18IN5O5.C10H14N6O5/c1-4-26(30-31-27)17(2)21(36-23(34)19-13-9-6-10-14-19)25(3,37-26)32-16-15-20(29-24(32)35)28-22(33)18-11-7-5-8-12-18;1-4-19(23-24-21)12(2)15(28-16(26)13-8-6-5-7-9-13)18(3,29-19)25-11-10-14(20)22-17(25)27;1-4-19(22-23-20)12(2)15(28-16(26)13-8-6-5-7-9-13)18(3,29-19)24-11-10-14(25)21-17(24)27;1-11-14(28-15(26)12-6-4-3-5-7-12)17(2,29-18(11,10-19)22-23-20)24-9-8-13(25)21-16(24)27;1-9(16-3-2-5(11)13-8(16)20)6(18)7(19)10(4-17,21-9)14-15-12/h5-17,21H,4H2,1-3H3,(H,28,29,33,35);5-12,15H,4H2,1-3H3,(H2,20,22,27);5-12,15H,4H2,1-3H3,(H,21,25,27);3-9,11,14H,10H2,1-2H3,(H,21,25,27);2-3,6-7,17-19H,4H2,1H3,(H2,11,13,20)/t17-,21+,25+,26+;2*12-,15+,18+,19+;11-,14+,17+,18+;6-,7+,9-,10-/m00001/s1. The van der Waals surface area contributed by atoms with Crippen LogP contribution >= 0.6 is 22.6 Å². The molecule has 10 aromatic rings. The van der Waals surface area contributed by atoms with E-state index in [1.54, 1.807) is 228 Å². The largest absolute Gasteiger partial charge is 0.453 e. The molecule has 5 saturated heterocycles. The zero-order chi connectivity index (χ0) is 106. The van der Waals surface area contributed by atoms with E-state index in [1.165, 1.54) is 65.2 Å². The van der Waals surface area contributed by atoms with Gasteiger partial charge in [0.05, 0.1) is 28.9 Å². The smallest absolute Gasteiger partial charge is 0.351 e. The van der Waals surface area contributed by atoms with Gasteiger partial charge in [0.2, 0.25) is 5.72 Å². The van der Waals surface area contributed by atoms with Crippen molar-refractivity contribution in [1.29, 1.82) is 0 Å². The number of aliphatic hydroxyl groups excluding tert-OH is 3. The van der Waals surface area contributed by atoms with Crippen LogP contribution in [0.2, 0.25) is 0 Å². The van der Waals surface area contributed by atoms with Crippen molar-refractivity contribution in [2.24, 2.45) is 49.2 Å². The Morgan fingerprint density at radius 2 is 0.655 bits per heavy atom. The van der Waals surface area contributed by atoms with Crippen molar-refractivity contribution >= 4 is 69.8 Å². The number of H-pyrrole nitrogens is 2. The summed E-state index contributed by atoms with van der Waals surface area (Å²) in [6.07, 6.45) is 0.0834. The van der Waals surface area contributed by atoms with E-state index < -0.39 is 194 Å². The number of nitrogens with two attached hydrogens (primary N) is 2. The molecule has 20 atom stereocenters. The molecule has 52 nitrogen and oxygen atoms in total. The van der Waals surface area contributed by atoms with Crippen LogP contribution in [-0.2, 0) is 71.3 Å². The van der Waals surface area contributed by atoms with Gasteiger partial charge in [-0.05, 0) is 160 Å². The number of halogens is 1. The highest BCUT2D eigenvalue weighted by atomic mass is 127. The van der Waals surface area contributed by atoms with Crippen LogP contribution in [-0.4, -0.2) is 169 Å². The summed E-state index contributed by atoms with van der Waals surface area (Å²) in [4.78, 5) is 179. The van der Waals surface area contributed by atoms with Crippen molar-refractivity contribution in [3.8, 4) is 0 Å². The molecule has 5 aromatic carbocycles. The maximum Gasteiger partial charge on any atom is 0.351 e. The number of amides is 1. The lowest BCUT2D eigenvalue weighted by molar-refractivity contribution is -0.179. The molecule has 10 heterocycles. The highest BCUT2D eigenvalue weighted by molar-refractivity contribution is 14.1. The van der Waals surface area contributed by atoms with E-state index >= 15 is 0 Å². The van der Waals surface area contributed by atoms with Gasteiger partial charge >= 0.3 is 52.3 Å². The molecule has 0 bridgehead atoms. The van der Waals surface area contributed by atoms with E-state index in [1.807, 2.05) is 22.6 Å². The molecular weight excluding hydrogens is 2010 g/mol. The summed E-state index contributed by atoms with van der Waals surface area (Å²) in [5.74, 6) is -5.12. The first-order valence-corrected chi connectivity index (χ1v) is 46.1. The van der Waals surface area contributed by atoms with Gasteiger partial charge in [-0.1, -0.05) is 188 Å². The summed E-state index contributed by atoms with van der Waals surface area (Å²) in [5, 5.41) is 50.8. The van der Waals surface area contributed by atoms with E-state index in [4.69, 9.17) is 76.2 Å². The van der Waals surface area contributed by atoms with Crippen molar-refractivity contribution in [1.82, 2.24) is 47.8 Å². The molecule has 0 spiro atoms. The number of alkyl halides is 1. The number of carbonyl (C=O) groups is 5. The van der Waals surface area contributed by atoms with Gasteiger partial charge in [0.1, 0.15) is 29.7 Å². The van der Waals surface area contributed by atoms with Crippen LogP contribution in [0.25, 0.3) is 52.2 Å². The lowest BCUT2D eigenvalue weighted by Crippen LogP contribution is -2.50. The summed E-state index contributed by atoms with van der Waals surface area (Å²) < 4.78 is 59.1. The predicted molar refractivity (Wildman–Crippen MR) is 523 cm³/mol. The third kappa shape index (κ3) is 22.0. The first-order chi connectivity index (χ1) is 68.8. The topological polar surface area (TPSA) is 751 Å². The molecule has 5 aromatic heterocycles. The van der Waals surface area contributed by atoms with Crippen molar-refractivity contribution < 1.29 is 81.9 Å². The van der Waals surface area contributed by atoms with E-state index in [2.05, 4.69) is 80.4 Å². The van der Waals surface area contributed by atoms with Gasteiger partial charge in [-0.15, -0.1) is 0 Å². The fourth-order valence-electron chi connectivity index (χ4n) is 17.9. The van der Waals surface area contributed by atoms with E-state index in [-0.39, 0.29) is 34.7 Å². The Balaban J connectivity index is 0.000000174. The molecule has 145 heavy (non-hydrogen) atoms. The minimum atomic E-state index is -2.11. The van der Waals surface area contributed by atoms with Crippen LogP contribution in [0.1, 0.15) is 154 Å². The maximum atomic E-state index is 13.2. The minimum absolute atomic E-state index is 0.0312. The fraction of sp³-hybridized carbons (Fsp3) is 0.402. The molecule has 0 saturated carbocycles. The Kier molecular flexibility index (Phi) is 34.0. The Morgan fingerprint density at radius 1 is 0.393 bits per heavy atom. The summed E-state index contributed by atoms with van der Waals surface area (Å²) in [6.45, 7) is 18.9. The summed E-state index contributed by atoms with van der Waals surface area (Å²) >= 11 is 2.01. The lowest BCUT2D eigenvalue weighted by Gasteiger charge is -2.33. The number of hydrogen-bond acceptors (Lipinski definition) is 34. The number of esters is 4. The number of hydrogen-bond donors (Lipinski definition) is 8. The summed E-state index contributed by atoms with van der Waals surface area (Å²) in [7, 11) is 0. The normalized spacial score (nSPS) is 28.5. The molecule has 10 N–H and O–H groups in total. The average Bonchev–Trinajstić information content (AvgIpc) is 1.59. The predicted octanol–water partition coefficient (Wildman–Crippen LogP) is 10.6. The third-order valence-corrected chi connectivity index (χ3v) is 26.8. The molecule has 0 aliphatic carbocycles. The molecule has 53 heteroatoms. The van der Waals surface area contributed by atoms with Crippen LogP contribution in [0.4, 0.5) is 17.5 Å². The number of nitrogen functional groups attached to an aromatic ring is 2. The van der Waals surface area contributed by atoms with Gasteiger partial charge in [-0.2, -0.15) is 15.0 Å². The van der Waals surface area contributed by atoms with E-state index in [0.29, 0.717) is 34.2 Å². The van der Waals surface area contributed by atoms with E-state index in [9.17, 15) is 78.4 Å². The number of nitrogens with one attached hydrogen (secondary N) is 3. The molecule has 5 aliphatic heterocycles. The van der Waals surface area contributed by atoms with Crippen LogP contribution in [0.3, 0.4) is 0 Å². The van der Waals surface area contributed by atoms with Crippen molar-refractivity contribution in [2.45, 2.75) is 196 Å². The molecular formula is C92H101IN28O24. The molecule has 760 valence electrons. The van der Waals surface area contributed by atoms with E-state index in [0.717, 1.165) is 25.8 Å². The fourth-order valence-corrected chi connectivity index (χ4v) is 18.9. The summed E-state index contributed by atoms with van der Waals surface area (Å²) in [6, 6.07) is 48.6. The highest BCUT2D eigenvalue weighted by Crippen LogP contribution is 2.54. The Hall–Kier alpha value is -16.0. The highest BCUT2D eigenvalue weighted by Gasteiger charge is 2.67. The Bertz CT molecular complexity index is 7000. The van der Waals surface area contributed by atoms with Gasteiger partial charge in [-0.25, -0.2) is 43.2 Å². The van der Waals surface area contributed by atoms with Crippen LogP contribution < -0.4 is 56.4 Å². The second-order valence-corrected chi connectivity index (χ2v) is 35.1. The molecule has 15 rings (SSSR count). The number of azide groups is 5. The van der Waals surface area contributed by atoms with Crippen LogP contribution in [0.5, 0.6) is 0 Å². The van der Waals surface area contributed by atoms with Crippen LogP contribution in [0.15, 0.2) is 272 Å². The number of aromatic amines is 2. The molecule has 0 unspecified atom stereocenters. The second-order valence-electron chi connectivity index (χ2n) is 34.4. The number of ether oxygens (including phenoxy) is 9. The monoisotopic (exact) mass is 2110 g/mol. The third-order valence-electron chi connectivity index (χ3n) is 25.8. The summed E-state index contributed by atoms with van der Waals surface area (Å²) in [5.41, 5.74) is 37.4. The molecule has 5 aliphatic rings. The lowest BCUT2D eigenvalue weighted by atomic mass is 9.90. The number of aromatic nitrogens is 10. The maximum absolute atomic E-state index is 13.2. The number of aliphatic hydroxyl groups is 3. The first-order valence-electron chi connectivity index (χ1n) is 44.6. The van der Waals surface area contributed by atoms with Gasteiger partial charge in [0.25, 0.3) is 17.0 Å². The molecule has 1 amide bonds. The SMILES string of the molecule is CC[C@@]1(N=[N+]=[N-])O[C@@](C)(n2ccc(=O)[nH]c2=O)[C@H](OC(=O)c2ccccc2)[C@@H]1C.CC[C@@]1(N=[N+]=[N-])O[C@@](C)(n2ccc(N)nc2=O)[C@H](OC(=O)c2ccccc2)[C@@H]1C.CC[C@@]1(N=[N+]=[N-])O[C@@](C)(n2ccc(NC(=O)c3ccccc3)nc2=O)[C@H](OC(=O)c2ccccc2)[C@@H]1C.C[C@@]1(n2ccc(N)nc2=O)O[C@@](CO)(N=[N+]=[N-])[C@@H](O)[C@H]1O.C[C@H]1[C@@H](OC(=O)c2ccccc2)[C@](C)(n2ccc(=O)[nH]c2=O)O[C@@]1(CI)N=[N+]=[N-]. The number of carbonyl (C=O) groups excluding carboxylic acids is 5. The Labute approximate surface area is 834 Å². The van der Waals surface area contributed by atoms with Crippen LogP contribution in [0, 0.1) is 23.7 Å². The number of benzene rings is 5. The number of nitrogens with zero attached hydrogens (tertiary/aromatic N) is 23. The second kappa shape index (κ2) is 45.1.